The van der Waals surface area contributed by atoms with Crippen LogP contribution >= 0.6 is 0 Å². The van der Waals surface area contributed by atoms with Gasteiger partial charge < -0.3 is 9.47 Å². The van der Waals surface area contributed by atoms with Gasteiger partial charge in [0.15, 0.2) is 0 Å². The molecule has 2 atom stereocenters. The molecule has 0 saturated carbocycles. The Bertz CT molecular complexity index is 723. The molecule has 0 aromatic heterocycles. The smallest absolute Gasteiger partial charge is 0.416 e. The van der Waals surface area contributed by atoms with E-state index >= 15 is 0 Å². The Labute approximate surface area is 172 Å². The molecule has 0 spiro atoms. The summed E-state index contributed by atoms with van der Waals surface area (Å²) < 4.78 is 10.6. The van der Waals surface area contributed by atoms with E-state index in [-0.39, 0.29) is 25.0 Å². The van der Waals surface area contributed by atoms with Crippen molar-refractivity contribution >= 4 is 18.0 Å². The first-order valence-electron chi connectivity index (χ1n) is 10.1. The Kier molecular flexibility index (Phi) is 8.00. The van der Waals surface area contributed by atoms with Gasteiger partial charge in [0.1, 0.15) is 12.2 Å². The maximum atomic E-state index is 13.2. The number of benzene rings is 1. The summed E-state index contributed by atoms with van der Waals surface area (Å²) in [6, 6.07) is 9.28. The topological polar surface area (TPSA) is 72.9 Å². The molecule has 29 heavy (non-hydrogen) atoms. The number of allylic oxidation sites excluding steroid dienone is 1. The van der Waals surface area contributed by atoms with E-state index in [2.05, 4.69) is 6.58 Å². The number of nitrogens with zero attached hydrogens (tertiary/aromatic N) is 1. The summed E-state index contributed by atoms with van der Waals surface area (Å²) in [5.41, 5.74) is 0.387. The molecule has 1 fully saturated rings. The van der Waals surface area contributed by atoms with Crippen LogP contribution in [0.1, 0.15) is 52.0 Å². The first-order valence-corrected chi connectivity index (χ1v) is 10.1. The minimum absolute atomic E-state index is 0.0604. The van der Waals surface area contributed by atoms with Crippen LogP contribution in [0, 0.1) is 5.92 Å². The van der Waals surface area contributed by atoms with E-state index in [9.17, 15) is 14.4 Å². The SMILES string of the molecule is C=CCCCC(CC(=O)OC(C)(C)C)C(=O)N1C(=O)OCC1Cc1ccccc1. The van der Waals surface area contributed by atoms with E-state index in [0.29, 0.717) is 19.3 Å². The predicted molar refractivity (Wildman–Crippen MR) is 110 cm³/mol. The van der Waals surface area contributed by atoms with Gasteiger partial charge in [0, 0.05) is 5.92 Å². The number of hydrogen-bond donors (Lipinski definition) is 0. The highest BCUT2D eigenvalue weighted by Crippen LogP contribution is 2.25. The minimum atomic E-state index is -0.645. The molecule has 0 N–H and O–H groups in total. The van der Waals surface area contributed by atoms with Crippen molar-refractivity contribution in [3.05, 3.63) is 48.6 Å². The maximum absolute atomic E-state index is 13.2. The first kappa shape index (κ1) is 22.7. The van der Waals surface area contributed by atoms with Crippen LogP contribution in [-0.2, 0) is 25.5 Å². The molecule has 1 aromatic carbocycles. The van der Waals surface area contributed by atoms with Gasteiger partial charge >= 0.3 is 12.1 Å². The number of esters is 1. The van der Waals surface area contributed by atoms with Gasteiger partial charge in [-0.25, -0.2) is 9.69 Å². The molecule has 2 unspecified atom stereocenters. The highest BCUT2D eigenvalue weighted by molar-refractivity contribution is 5.96. The second-order valence-electron chi connectivity index (χ2n) is 8.34. The number of carbonyl (C=O) groups excluding carboxylic acids is 3. The van der Waals surface area contributed by atoms with Gasteiger partial charge in [-0.15, -0.1) is 6.58 Å². The number of rotatable bonds is 9. The number of unbranched alkanes of at least 4 members (excludes halogenated alkanes) is 1. The molecule has 6 heteroatoms. The largest absolute Gasteiger partial charge is 0.460 e. The van der Waals surface area contributed by atoms with Gasteiger partial charge in [0.05, 0.1) is 12.5 Å². The lowest BCUT2D eigenvalue weighted by Gasteiger charge is -2.26. The summed E-state index contributed by atoms with van der Waals surface area (Å²) >= 11 is 0. The van der Waals surface area contributed by atoms with Crippen molar-refractivity contribution in [2.45, 2.75) is 64.5 Å². The Balaban J connectivity index is 2.14. The van der Waals surface area contributed by atoms with Gasteiger partial charge in [-0.05, 0) is 52.0 Å². The van der Waals surface area contributed by atoms with Crippen molar-refractivity contribution in [1.29, 1.82) is 0 Å². The van der Waals surface area contributed by atoms with Crippen molar-refractivity contribution in [3.63, 3.8) is 0 Å². The van der Waals surface area contributed by atoms with Crippen LogP contribution in [0.25, 0.3) is 0 Å². The molecule has 1 heterocycles. The zero-order valence-corrected chi connectivity index (χ0v) is 17.6. The lowest BCUT2D eigenvalue weighted by molar-refractivity contribution is -0.158. The van der Waals surface area contributed by atoms with Gasteiger partial charge in [0.25, 0.3) is 0 Å². The fourth-order valence-corrected chi connectivity index (χ4v) is 3.37. The van der Waals surface area contributed by atoms with Gasteiger partial charge in [-0.3, -0.25) is 9.59 Å². The van der Waals surface area contributed by atoms with E-state index in [4.69, 9.17) is 9.47 Å². The molecule has 0 radical (unpaired) electrons. The van der Waals surface area contributed by atoms with Crippen LogP contribution < -0.4 is 0 Å². The summed E-state index contributed by atoms with van der Waals surface area (Å²) in [5, 5.41) is 0. The minimum Gasteiger partial charge on any atom is -0.460 e. The van der Waals surface area contributed by atoms with E-state index in [1.807, 2.05) is 30.3 Å². The van der Waals surface area contributed by atoms with E-state index in [0.717, 1.165) is 12.0 Å². The Morgan fingerprint density at radius 3 is 2.62 bits per heavy atom. The monoisotopic (exact) mass is 401 g/mol. The van der Waals surface area contributed by atoms with Crippen molar-refractivity contribution in [2.24, 2.45) is 5.92 Å². The highest BCUT2D eigenvalue weighted by atomic mass is 16.6. The molecule has 2 amide bonds. The van der Waals surface area contributed by atoms with Crippen LogP contribution in [0.3, 0.4) is 0 Å². The third-order valence-electron chi connectivity index (χ3n) is 4.66. The molecule has 6 nitrogen and oxygen atoms in total. The Morgan fingerprint density at radius 2 is 2.00 bits per heavy atom. The predicted octanol–water partition coefficient (Wildman–Crippen LogP) is 4.28. The summed E-state index contributed by atoms with van der Waals surface area (Å²) in [5.74, 6) is -1.45. The van der Waals surface area contributed by atoms with Crippen molar-refractivity contribution in [1.82, 2.24) is 4.90 Å². The standard InChI is InChI=1S/C23H31NO5/c1-5-6-8-13-18(15-20(25)29-23(2,3)4)21(26)24-19(16-28-22(24)27)14-17-11-9-7-10-12-17/h5,7,9-12,18-19H,1,6,8,13-16H2,2-4H3. The van der Waals surface area contributed by atoms with Crippen LogP contribution in [0.2, 0.25) is 0 Å². The Hall–Kier alpha value is -2.63. The number of carbonyl (C=O) groups is 3. The first-order chi connectivity index (χ1) is 13.7. The van der Waals surface area contributed by atoms with Gasteiger partial charge in [-0.1, -0.05) is 36.4 Å². The van der Waals surface area contributed by atoms with Crippen molar-refractivity contribution in [3.8, 4) is 0 Å². The maximum Gasteiger partial charge on any atom is 0.416 e. The van der Waals surface area contributed by atoms with Crippen molar-refractivity contribution in [2.75, 3.05) is 6.61 Å². The van der Waals surface area contributed by atoms with Crippen molar-refractivity contribution < 1.29 is 23.9 Å². The molecular weight excluding hydrogens is 370 g/mol. The molecular formula is C23H31NO5. The zero-order valence-electron chi connectivity index (χ0n) is 17.6. The molecule has 0 aliphatic carbocycles. The van der Waals surface area contributed by atoms with Crippen LogP contribution in [0.5, 0.6) is 0 Å². The summed E-state index contributed by atoms with van der Waals surface area (Å²) in [6.45, 7) is 9.21. The van der Waals surface area contributed by atoms with Crippen LogP contribution in [-0.4, -0.2) is 41.1 Å². The average molecular weight is 402 g/mol. The molecule has 1 saturated heterocycles. The number of hydrogen-bond acceptors (Lipinski definition) is 5. The van der Waals surface area contributed by atoms with E-state index in [1.54, 1.807) is 26.8 Å². The fourth-order valence-electron chi connectivity index (χ4n) is 3.37. The molecule has 1 aromatic rings. The highest BCUT2D eigenvalue weighted by Gasteiger charge is 2.41. The quantitative estimate of drug-likeness (QED) is 0.351. The third-order valence-corrected chi connectivity index (χ3v) is 4.66. The molecule has 0 bridgehead atoms. The third kappa shape index (κ3) is 7.04. The summed E-state index contributed by atoms with van der Waals surface area (Å²) in [7, 11) is 0. The van der Waals surface area contributed by atoms with Gasteiger partial charge in [0.2, 0.25) is 5.91 Å². The average Bonchev–Trinajstić information content (AvgIpc) is 3.00. The molecule has 158 valence electrons. The van der Waals surface area contributed by atoms with E-state index in [1.165, 1.54) is 4.90 Å². The summed E-state index contributed by atoms with van der Waals surface area (Å²) in [4.78, 5) is 39.1. The molecule has 2 rings (SSSR count). The number of amides is 2. The number of cyclic esters (lactones) is 1. The molecule has 1 aliphatic heterocycles. The van der Waals surface area contributed by atoms with Gasteiger partial charge in [-0.2, -0.15) is 0 Å². The lowest BCUT2D eigenvalue weighted by atomic mass is 9.95. The van der Waals surface area contributed by atoms with Crippen LogP contribution in [0.15, 0.2) is 43.0 Å². The fraction of sp³-hybridized carbons (Fsp3) is 0.522. The van der Waals surface area contributed by atoms with E-state index < -0.39 is 23.6 Å². The van der Waals surface area contributed by atoms with Crippen LogP contribution in [0.4, 0.5) is 4.79 Å². The normalized spacial score (nSPS) is 17.6. The second kappa shape index (κ2) is 10.2. The number of imide groups is 1. The summed E-state index contributed by atoms with van der Waals surface area (Å²) in [6.07, 6.45) is 3.50. The lowest BCUT2D eigenvalue weighted by Crippen LogP contribution is -2.44. The molecule has 1 aliphatic rings. The Morgan fingerprint density at radius 1 is 1.31 bits per heavy atom. The number of ether oxygens (including phenoxy) is 2. The zero-order chi connectivity index (χ0) is 21.4. The second-order valence-corrected chi connectivity index (χ2v) is 8.34.